The summed E-state index contributed by atoms with van der Waals surface area (Å²) < 4.78 is 6.47. The topological polar surface area (TPSA) is 36.9 Å². The molecule has 2 saturated heterocycles. The lowest BCUT2D eigenvalue weighted by atomic mass is 9.87. The van der Waals surface area contributed by atoms with E-state index in [9.17, 15) is 0 Å². The molecule has 1 unspecified atom stereocenters. The molecule has 1 spiro atoms. The number of halogens is 2. The quantitative estimate of drug-likeness (QED) is 0.413. The van der Waals surface area contributed by atoms with Gasteiger partial charge in [0.25, 0.3) is 0 Å². The van der Waals surface area contributed by atoms with Crippen molar-refractivity contribution in [1.29, 1.82) is 0 Å². The smallest absolute Gasteiger partial charge is 0.194 e. The molecule has 0 radical (unpaired) electrons. The molecule has 110 valence electrons. The van der Waals surface area contributed by atoms with Gasteiger partial charge in [-0.2, -0.15) is 0 Å². The fourth-order valence-corrected chi connectivity index (χ4v) is 2.80. The lowest BCUT2D eigenvalue weighted by Gasteiger charge is -2.24. The molecule has 0 aromatic rings. The highest BCUT2D eigenvalue weighted by Gasteiger charge is 2.42. The minimum atomic E-state index is 0. The van der Waals surface area contributed by atoms with Crippen LogP contribution in [0.3, 0.4) is 0 Å². The van der Waals surface area contributed by atoms with Gasteiger partial charge >= 0.3 is 0 Å². The third-order valence-corrected chi connectivity index (χ3v) is 3.91. The zero-order valence-electron chi connectivity index (χ0n) is 11.5. The molecule has 0 aromatic carbocycles. The first-order chi connectivity index (χ1) is 8.65. The van der Waals surface area contributed by atoms with E-state index >= 15 is 0 Å². The molecule has 2 aliphatic heterocycles. The Labute approximate surface area is 141 Å². The molecule has 19 heavy (non-hydrogen) atoms. The zero-order chi connectivity index (χ0) is 13.0. The summed E-state index contributed by atoms with van der Waals surface area (Å²) in [6, 6.07) is 0. The maximum Gasteiger partial charge on any atom is 0.194 e. The Balaban J connectivity index is 0.00000180. The average molecular weight is 444 g/mol. The molecule has 0 amide bonds. The van der Waals surface area contributed by atoms with Crippen LogP contribution in [-0.4, -0.2) is 50.3 Å². The van der Waals surface area contributed by atoms with Gasteiger partial charge < -0.3 is 15.0 Å². The average Bonchev–Trinajstić information content (AvgIpc) is 2.96. The number of nitrogens with one attached hydrogen (secondary N) is 1. The van der Waals surface area contributed by atoms with Crippen LogP contribution < -0.4 is 5.32 Å². The number of rotatable bonds is 3. The first-order valence-electron chi connectivity index (χ1n) is 6.59. The van der Waals surface area contributed by atoms with Crippen molar-refractivity contribution in [3.63, 3.8) is 0 Å². The maximum absolute atomic E-state index is 5.56. The fourth-order valence-electron chi connectivity index (χ4n) is 2.67. The Morgan fingerprint density at radius 2 is 2.32 bits per heavy atom. The van der Waals surface area contributed by atoms with Gasteiger partial charge in [0.1, 0.15) is 0 Å². The van der Waals surface area contributed by atoms with Crippen LogP contribution >= 0.6 is 39.9 Å². The highest BCUT2D eigenvalue weighted by atomic mass is 127. The highest BCUT2D eigenvalue weighted by molar-refractivity contribution is 14.0. The fraction of sp³-hybridized carbons (Fsp3) is 0.769. The van der Waals surface area contributed by atoms with E-state index < -0.39 is 0 Å². The predicted molar refractivity (Wildman–Crippen MR) is 93.5 cm³/mol. The summed E-state index contributed by atoms with van der Waals surface area (Å²) in [6.07, 6.45) is 2.40. The molecule has 2 fully saturated rings. The largest absolute Gasteiger partial charge is 0.381 e. The van der Waals surface area contributed by atoms with E-state index in [1.165, 1.54) is 12.8 Å². The molecule has 2 rings (SSSR count). The van der Waals surface area contributed by atoms with Gasteiger partial charge in [0, 0.05) is 36.1 Å². The SMILES string of the molecule is C=C(Br)CN=C(NCC)N1CCC2(CCOC2)C1.I. The molecule has 4 nitrogen and oxygen atoms in total. The van der Waals surface area contributed by atoms with Crippen molar-refractivity contribution in [2.24, 2.45) is 10.4 Å². The number of hydrogen-bond donors (Lipinski definition) is 1. The van der Waals surface area contributed by atoms with Crippen LogP contribution in [0.25, 0.3) is 0 Å². The van der Waals surface area contributed by atoms with E-state index in [2.05, 4.69) is 44.6 Å². The second-order valence-corrected chi connectivity index (χ2v) is 6.28. The molecule has 0 aromatic heterocycles. The summed E-state index contributed by atoms with van der Waals surface area (Å²) in [7, 11) is 0. The van der Waals surface area contributed by atoms with E-state index in [1.807, 2.05) is 0 Å². The normalized spacial score (nSPS) is 26.6. The molecule has 0 aliphatic carbocycles. The Kier molecular flexibility index (Phi) is 7.10. The van der Waals surface area contributed by atoms with Crippen LogP contribution in [0.4, 0.5) is 0 Å². The second-order valence-electron chi connectivity index (χ2n) is 5.16. The summed E-state index contributed by atoms with van der Waals surface area (Å²) in [6.45, 7) is 11.4. The Morgan fingerprint density at radius 1 is 1.53 bits per heavy atom. The highest BCUT2D eigenvalue weighted by Crippen LogP contribution is 2.38. The standard InChI is InChI=1S/C13H22BrN3O.HI/c1-3-15-12(16-8-11(2)14)17-6-4-13(9-17)5-7-18-10-13;/h2-10H2,1H3,(H,15,16);1H. The minimum Gasteiger partial charge on any atom is -0.381 e. The molecule has 2 aliphatic rings. The Morgan fingerprint density at radius 3 is 2.89 bits per heavy atom. The summed E-state index contributed by atoms with van der Waals surface area (Å²) in [5.41, 5.74) is 0.377. The first kappa shape index (κ1) is 17.2. The van der Waals surface area contributed by atoms with Gasteiger partial charge in [-0.15, -0.1) is 24.0 Å². The summed E-state index contributed by atoms with van der Waals surface area (Å²) >= 11 is 3.35. The second kappa shape index (κ2) is 7.83. The summed E-state index contributed by atoms with van der Waals surface area (Å²) in [4.78, 5) is 6.95. The third kappa shape index (κ3) is 4.60. The molecule has 1 atom stereocenters. The van der Waals surface area contributed by atoms with Crippen LogP contribution in [0.15, 0.2) is 16.1 Å². The lowest BCUT2D eigenvalue weighted by molar-refractivity contribution is 0.156. The maximum atomic E-state index is 5.56. The first-order valence-corrected chi connectivity index (χ1v) is 7.39. The predicted octanol–water partition coefficient (Wildman–Crippen LogP) is 2.59. The van der Waals surface area contributed by atoms with E-state index in [4.69, 9.17) is 4.74 Å². The number of ether oxygens (including phenoxy) is 1. The van der Waals surface area contributed by atoms with Gasteiger partial charge in [-0.25, -0.2) is 4.99 Å². The van der Waals surface area contributed by atoms with Crippen molar-refractivity contribution < 1.29 is 4.74 Å². The molecule has 0 bridgehead atoms. The van der Waals surface area contributed by atoms with Gasteiger partial charge in [-0.05, 0) is 19.8 Å². The number of hydrogen-bond acceptors (Lipinski definition) is 2. The van der Waals surface area contributed by atoms with Crippen molar-refractivity contribution in [3.05, 3.63) is 11.1 Å². The molecule has 0 saturated carbocycles. The van der Waals surface area contributed by atoms with Crippen LogP contribution in [-0.2, 0) is 4.74 Å². The number of aliphatic imine (C=N–C) groups is 1. The lowest BCUT2D eigenvalue weighted by Crippen LogP contribution is -2.41. The molecule has 2 heterocycles. The Bertz CT molecular complexity index is 343. The van der Waals surface area contributed by atoms with Gasteiger partial charge in [-0.1, -0.05) is 22.5 Å². The van der Waals surface area contributed by atoms with Gasteiger partial charge in [0.15, 0.2) is 5.96 Å². The molecule has 1 N–H and O–H groups in total. The summed E-state index contributed by atoms with van der Waals surface area (Å²) in [5, 5.41) is 3.36. The monoisotopic (exact) mass is 443 g/mol. The van der Waals surface area contributed by atoms with Crippen LogP contribution in [0.2, 0.25) is 0 Å². The van der Waals surface area contributed by atoms with E-state index in [0.29, 0.717) is 12.0 Å². The van der Waals surface area contributed by atoms with Crippen LogP contribution in [0, 0.1) is 5.41 Å². The zero-order valence-corrected chi connectivity index (χ0v) is 15.4. The van der Waals surface area contributed by atoms with E-state index in [0.717, 1.165) is 43.3 Å². The van der Waals surface area contributed by atoms with Crippen molar-refractivity contribution in [1.82, 2.24) is 10.2 Å². The molecule has 6 heteroatoms. The number of guanidine groups is 1. The Hall–Kier alpha value is 0.180. The van der Waals surface area contributed by atoms with Gasteiger partial charge in [0.05, 0.1) is 13.2 Å². The summed E-state index contributed by atoms with van der Waals surface area (Å²) in [5.74, 6) is 1.00. The van der Waals surface area contributed by atoms with Gasteiger partial charge in [0.2, 0.25) is 0 Å². The molecular formula is C13H23BrIN3O. The van der Waals surface area contributed by atoms with Crippen LogP contribution in [0.5, 0.6) is 0 Å². The third-order valence-electron chi connectivity index (χ3n) is 3.66. The minimum absolute atomic E-state index is 0. The van der Waals surface area contributed by atoms with Crippen molar-refractivity contribution in [2.45, 2.75) is 19.8 Å². The van der Waals surface area contributed by atoms with Crippen LogP contribution in [0.1, 0.15) is 19.8 Å². The van der Waals surface area contributed by atoms with Gasteiger partial charge in [-0.3, -0.25) is 0 Å². The van der Waals surface area contributed by atoms with Crippen molar-refractivity contribution in [2.75, 3.05) is 39.4 Å². The number of nitrogens with zero attached hydrogens (tertiary/aromatic N) is 2. The number of likely N-dealkylation sites (tertiary alicyclic amines) is 1. The van der Waals surface area contributed by atoms with E-state index in [1.54, 1.807) is 0 Å². The molecular weight excluding hydrogens is 421 g/mol. The van der Waals surface area contributed by atoms with E-state index in [-0.39, 0.29) is 24.0 Å². The van der Waals surface area contributed by atoms with Crippen molar-refractivity contribution >= 4 is 45.9 Å². The van der Waals surface area contributed by atoms with Crippen molar-refractivity contribution in [3.8, 4) is 0 Å².